The van der Waals surface area contributed by atoms with Crippen LogP contribution >= 0.6 is 0 Å². The molecule has 20 heavy (non-hydrogen) atoms. The third kappa shape index (κ3) is 2.59. The average Bonchev–Trinajstić information content (AvgIpc) is 2.97. The SMILES string of the molecule is CNC(CN1CCC(N2CCCC2)C1)(C(N)=O)C1CC1. The van der Waals surface area contributed by atoms with Crippen molar-refractivity contribution in [2.75, 3.05) is 39.8 Å². The molecule has 2 aliphatic heterocycles. The van der Waals surface area contributed by atoms with E-state index in [-0.39, 0.29) is 5.91 Å². The summed E-state index contributed by atoms with van der Waals surface area (Å²) in [5.41, 5.74) is 5.22. The molecule has 0 spiro atoms. The third-order valence-electron chi connectivity index (χ3n) is 5.54. The highest BCUT2D eigenvalue weighted by Crippen LogP contribution is 2.40. The molecule has 2 unspecified atom stereocenters. The Labute approximate surface area is 121 Å². The van der Waals surface area contributed by atoms with E-state index in [2.05, 4.69) is 15.1 Å². The first-order valence-corrected chi connectivity index (χ1v) is 8.11. The van der Waals surface area contributed by atoms with E-state index in [9.17, 15) is 4.79 Å². The molecule has 0 aromatic carbocycles. The minimum Gasteiger partial charge on any atom is -0.368 e. The van der Waals surface area contributed by atoms with Crippen molar-refractivity contribution in [1.82, 2.24) is 15.1 Å². The number of hydrogen-bond acceptors (Lipinski definition) is 4. The minimum atomic E-state index is -0.500. The number of nitrogens with zero attached hydrogens (tertiary/aromatic N) is 2. The van der Waals surface area contributed by atoms with Crippen molar-refractivity contribution in [1.29, 1.82) is 0 Å². The minimum absolute atomic E-state index is 0.174. The lowest BCUT2D eigenvalue weighted by atomic mass is 9.91. The van der Waals surface area contributed by atoms with Gasteiger partial charge in [-0.3, -0.25) is 14.6 Å². The van der Waals surface area contributed by atoms with Gasteiger partial charge in [0.1, 0.15) is 5.54 Å². The van der Waals surface area contributed by atoms with Crippen molar-refractivity contribution in [3.63, 3.8) is 0 Å². The number of likely N-dealkylation sites (tertiary alicyclic amines) is 2. The zero-order valence-corrected chi connectivity index (χ0v) is 12.6. The quantitative estimate of drug-likeness (QED) is 0.719. The summed E-state index contributed by atoms with van der Waals surface area (Å²) in [5, 5.41) is 3.26. The first kappa shape index (κ1) is 14.3. The second kappa shape index (κ2) is 5.62. The number of carbonyl (C=O) groups excluding carboxylic acids is 1. The number of likely N-dealkylation sites (N-methyl/N-ethyl adjacent to an activating group) is 1. The number of hydrogen-bond donors (Lipinski definition) is 2. The summed E-state index contributed by atoms with van der Waals surface area (Å²) >= 11 is 0. The van der Waals surface area contributed by atoms with Crippen molar-refractivity contribution in [2.24, 2.45) is 11.7 Å². The molecule has 1 saturated carbocycles. The molecule has 0 aromatic heterocycles. The summed E-state index contributed by atoms with van der Waals surface area (Å²) in [7, 11) is 1.89. The van der Waals surface area contributed by atoms with Gasteiger partial charge in [0, 0.05) is 19.1 Å². The Morgan fingerprint density at radius 2 is 1.95 bits per heavy atom. The molecule has 114 valence electrons. The number of nitrogens with one attached hydrogen (secondary N) is 1. The van der Waals surface area contributed by atoms with Crippen molar-refractivity contribution in [3.8, 4) is 0 Å². The summed E-state index contributed by atoms with van der Waals surface area (Å²) in [6.07, 6.45) is 6.20. The zero-order chi connectivity index (χ0) is 14.2. The second-order valence-electron chi connectivity index (χ2n) is 6.78. The lowest BCUT2D eigenvalue weighted by Crippen LogP contribution is -2.62. The summed E-state index contributed by atoms with van der Waals surface area (Å²) in [5.74, 6) is 0.267. The first-order valence-electron chi connectivity index (χ1n) is 8.11. The predicted molar refractivity (Wildman–Crippen MR) is 79.4 cm³/mol. The van der Waals surface area contributed by atoms with Gasteiger partial charge in [-0.25, -0.2) is 0 Å². The number of rotatable bonds is 6. The Morgan fingerprint density at radius 1 is 1.25 bits per heavy atom. The average molecular weight is 280 g/mol. The molecule has 3 rings (SSSR count). The molecule has 1 amide bonds. The monoisotopic (exact) mass is 280 g/mol. The van der Waals surface area contributed by atoms with Crippen LogP contribution in [0.5, 0.6) is 0 Å². The molecule has 3 fully saturated rings. The van der Waals surface area contributed by atoms with E-state index < -0.39 is 5.54 Å². The smallest absolute Gasteiger partial charge is 0.239 e. The number of amides is 1. The van der Waals surface area contributed by atoms with Gasteiger partial charge in [-0.15, -0.1) is 0 Å². The fourth-order valence-electron chi connectivity index (χ4n) is 4.10. The molecule has 0 bridgehead atoms. The molecule has 2 saturated heterocycles. The van der Waals surface area contributed by atoms with E-state index in [1.54, 1.807) is 0 Å². The van der Waals surface area contributed by atoms with Gasteiger partial charge in [0.15, 0.2) is 0 Å². The van der Waals surface area contributed by atoms with Crippen molar-refractivity contribution in [3.05, 3.63) is 0 Å². The summed E-state index contributed by atoms with van der Waals surface area (Å²) < 4.78 is 0. The molecule has 0 aromatic rings. The van der Waals surface area contributed by atoms with Gasteiger partial charge < -0.3 is 11.1 Å². The van der Waals surface area contributed by atoms with Crippen molar-refractivity contribution < 1.29 is 4.79 Å². The second-order valence-corrected chi connectivity index (χ2v) is 6.78. The van der Waals surface area contributed by atoms with E-state index in [1.807, 2.05) is 7.05 Å². The Balaban J connectivity index is 1.60. The Hall–Kier alpha value is -0.650. The summed E-state index contributed by atoms with van der Waals surface area (Å²) in [6.45, 7) is 5.50. The van der Waals surface area contributed by atoms with Crippen LogP contribution in [0.2, 0.25) is 0 Å². The van der Waals surface area contributed by atoms with Gasteiger partial charge >= 0.3 is 0 Å². The van der Waals surface area contributed by atoms with Crippen LogP contribution in [0, 0.1) is 5.92 Å². The van der Waals surface area contributed by atoms with E-state index in [0.29, 0.717) is 12.0 Å². The van der Waals surface area contributed by atoms with Gasteiger partial charge in [-0.1, -0.05) is 0 Å². The van der Waals surface area contributed by atoms with Crippen molar-refractivity contribution >= 4 is 5.91 Å². The molecular weight excluding hydrogens is 252 g/mol. The highest BCUT2D eigenvalue weighted by Gasteiger charge is 2.50. The maximum absolute atomic E-state index is 12.0. The molecule has 5 heteroatoms. The first-order chi connectivity index (χ1) is 9.65. The lowest BCUT2D eigenvalue weighted by Gasteiger charge is -2.35. The van der Waals surface area contributed by atoms with Gasteiger partial charge in [-0.05, 0) is 64.7 Å². The lowest BCUT2D eigenvalue weighted by molar-refractivity contribution is -0.126. The molecule has 2 atom stereocenters. The van der Waals surface area contributed by atoms with Crippen LogP contribution in [0.15, 0.2) is 0 Å². The maximum Gasteiger partial charge on any atom is 0.239 e. The van der Waals surface area contributed by atoms with Gasteiger partial charge in [-0.2, -0.15) is 0 Å². The predicted octanol–water partition coefficient (Wildman–Crippen LogP) is 0.0100. The standard InChI is InChI=1S/C15H28N4O/c1-17-15(14(16)20,12-4-5-12)11-18-9-6-13(10-18)19-7-2-3-8-19/h12-13,17H,2-11H2,1H3,(H2,16,20). The summed E-state index contributed by atoms with van der Waals surface area (Å²) in [4.78, 5) is 17.1. The number of carbonyl (C=O) groups is 1. The Bertz CT molecular complexity index is 365. The van der Waals surface area contributed by atoms with Gasteiger partial charge in [0.05, 0.1) is 0 Å². The van der Waals surface area contributed by atoms with Gasteiger partial charge in [0.25, 0.3) is 0 Å². The third-order valence-corrected chi connectivity index (χ3v) is 5.54. The highest BCUT2D eigenvalue weighted by molar-refractivity contribution is 5.86. The van der Waals surface area contributed by atoms with Crippen LogP contribution in [0.1, 0.15) is 32.1 Å². The molecule has 2 heterocycles. The van der Waals surface area contributed by atoms with E-state index in [4.69, 9.17) is 5.73 Å². The number of primary amides is 1. The topological polar surface area (TPSA) is 61.6 Å². The van der Waals surface area contributed by atoms with Crippen LogP contribution in [-0.2, 0) is 4.79 Å². The molecule has 5 nitrogen and oxygen atoms in total. The molecular formula is C15H28N4O. The van der Waals surface area contributed by atoms with Crippen LogP contribution in [-0.4, -0.2) is 67.1 Å². The fraction of sp³-hybridized carbons (Fsp3) is 0.933. The summed E-state index contributed by atoms with van der Waals surface area (Å²) in [6, 6.07) is 0.694. The van der Waals surface area contributed by atoms with E-state index in [1.165, 1.54) is 32.4 Å². The zero-order valence-electron chi connectivity index (χ0n) is 12.6. The Morgan fingerprint density at radius 3 is 2.50 bits per heavy atom. The molecule has 0 radical (unpaired) electrons. The van der Waals surface area contributed by atoms with E-state index in [0.717, 1.165) is 32.5 Å². The van der Waals surface area contributed by atoms with E-state index >= 15 is 0 Å². The highest BCUT2D eigenvalue weighted by atomic mass is 16.1. The normalized spacial score (nSPS) is 31.6. The van der Waals surface area contributed by atoms with Crippen LogP contribution in [0.4, 0.5) is 0 Å². The molecule has 3 N–H and O–H groups in total. The number of nitrogens with two attached hydrogens (primary N) is 1. The van der Waals surface area contributed by atoms with Crippen molar-refractivity contribution in [2.45, 2.75) is 43.7 Å². The Kier molecular flexibility index (Phi) is 4.02. The van der Waals surface area contributed by atoms with Crippen LogP contribution < -0.4 is 11.1 Å². The van der Waals surface area contributed by atoms with Gasteiger partial charge in [0.2, 0.25) is 5.91 Å². The molecule has 1 aliphatic carbocycles. The largest absolute Gasteiger partial charge is 0.368 e. The fourth-order valence-corrected chi connectivity index (χ4v) is 4.10. The van der Waals surface area contributed by atoms with Crippen LogP contribution in [0.3, 0.4) is 0 Å². The van der Waals surface area contributed by atoms with Crippen LogP contribution in [0.25, 0.3) is 0 Å². The molecule has 3 aliphatic rings. The maximum atomic E-state index is 12.0.